The van der Waals surface area contributed by atoms with Crippen LogP contribution in [0.2, 0.25) is 0 Å². The third-order valence-corrected chi connectivity index (χ3v) is 6.69. The van der Waals surface area contributed by atoms with Gasteiger partial charge in [-0.15, -0.1) is 0 Å². The highest BCUT2D eigenvalue weighted by molar-refractivity contribution is 5.84. The molecular formula is C20H37N5O. The van der Waals surface area contributed by atoms with E-state index in [4.69, 9.17) is 10.7 Å². The molecule has 3 aliphatic rings. The number of nitrogens with one attached hydrogen (secondary N) is 1. The van der Waals surface area contributed by atoms with Crippen LogP contribution in [0.1, 0.15) is 59.3 Å². The van der Waals surface area contributed by atoms with Crippen LogP contribution in [-0.4, -0.2) is 66.0 Å². The number of guanidine groups is 1. The molecule has 2 saturated carbocycles. The number of amides is 1. The van der Waals surface area contributed by atoms with Gasteiger partial charge in [-0.1, -0.05) is 32.1 Å². The summed E-state index contributed by atoms with van der Waals surface area (Å²) in [6.07, 6.45) is 8.41. The van der Waals surface area contributed by atoms with E-state index in [-0.39, 0.29) is 5.91 Å². The van der Waals surface area contributed by atoms with Crippen molar-refractivity contribution in [3.8, 4) is 0 Å². The average Bonchev–Trinajstić information content (AvgIpc) is 3.41. The number of carbonyl (C=O) groups is 1. The van der Waals surface area contributed by atoms with Crippen molar-refractivity contribution >= 4 is 11.9 Å². The van der Waals surface area contributed by atoms with Crippen LogP contribution in [-0.2, 0) is 4.79 Å². The van der Waals surface area contributed by atoms with Gasteiger partial charge in [-0.05, 0) is 39.0 Å². The maximum atomic E-state index is 11.7. The molecule has 1 heterocycles. The lowest BCUT2D eigenvalue weighted by Crippen LogP contribution is -2.61. The molecular weight excluding hydrogens is 326 g/mol. The van der Waals surface area contributed by atoms with Gasteiger partial charge in [0.1, 0.15) is 0 Å². The predicted octanol–water partition coefficient (Wildman–Crippen LogP) is 1.80. The Morgan fingerprint density at radius 3 is 2.38 bits per heavy atom. The third kappa shape index (κ3) is 4.33. The number of hydrogen-bond acceptors (Lipinski definition) is 3. The van der Waals surface area contributed by atoms with Crippen molar-refractivity contribution in [1.29, 1.82) is 0 Å². The van der Waals surface area contributed by atoms with Crippen molar-refractivity contribution in [2.75, 3.05) is 32.7 Å². The molecule has 0 spiro atoms. The summed E-state index contributed by atoms with van der Waals surface area (Å²) in [4.78, 5) is 21.0. The molecule has 2 atom stereocenters. The summed E-state index contributed by atoms with van der Waals surface area (Å²) in [5, 5.41) is 3.75. The molecule has 6 heteroatoms. The van der Waals surface area contributed by atoms with Crippen molar-refractivity contribution in [3.05, 3.63) is 0 Å². The second-order valence-electron chi connectivity index (χ2n) is 8.74. The van der Waals surface area contributed by atoms with Gasteiger partial charge in [0.25, 0.3) is 0 Å². The minimum Gasteiger partial charge on any atom is -0.368 e. The molecule has 26 heavy (non-hydrogen) atoms. The van der Waals surface area contributed by atoms with Crippen molar-refractivity contribution in [2.45, 2.75) is 70.9 Å². The van der Waals surface area contributed by atoms with E-state index in [1.807, 2.05) is 13.8 Å². The summed E-state index contributed by atoms with van der Waals surface area (Å²) in [7, 11) is 0. The number of hydrogen-bond donors (Lipinski definition) is 2. The fraction of sp³-hybridized carbons (Fsp3) is 0.900. The summed E-state index contributed by atoms with van der Waals surface area (Å²) >= 11 is 0. The Kier molecular flexibility index (Phi) is 6.10. The Bertz CT molecular complexity index is 518. The lowest BCUT2D eigenvalue weighted by Gasteiger charge is -2.43. The highest BCUT2D eigenvalue weighted by Crippen LogP contribution is 2.44. The zero-order valence-corrected chi connectivity index (χ0v) is 16.8. The molecule has 148 valence electrons. The van der Waals surface area contributed by atoms with Crippen LogP contribution in [0.5, 0.6) is 0 Å². The summed E-state index contributed by atoms with van der Waals surface area (Å²) in [5.74, 6) is 2.59. The van der Waals surface area contributed by atoms with Gasteiger partial charge in [-0.2, -0.15) is 0 Å². The molecule has 0 aromatic rings. The summed E-state index contributed by atoms with van der Waals surface area (Å²) in [6.45, 7) is 10.2. The molecule has 0 bridgehead atoms. The number of nitrogens with two attached hydrogens (primary N) is 1. The van der Waals surface area contributed by atoms with E-state index in [0.717, 1.165) is 50.5 Å². The average molecular weight is 364 g/mol. The normalized spacial score (nSPS) is 28.9. The molecule has 0 aromatic carbocycles. The van der Waals surface area contributed by atoms with Crippen molar-refractivity contribution in [2.24, 2.45) is 22.6 Å². The molecule has 0 aromatic heterocycles. The Balaban J connectivity index is 1.52. The molecule has 0 radical (unpaired) electrons. The fourth-order valence-electron chi connectivity index (χ4n) is 4.65. The Labute approximate surface area is 158 Å². The van der Waals surface area contributed by atoms with E-state index in [9.17, 15) is 4.79 Å². The highest BCUT2D eigenvalue weighted by atomic mass is 16.1. The number of aliphatic imine (C=N–C) groups is 1. The number of primary amides is 1. The molecule has 1 aliphatic heterocycles. The summed E-state index contributed by atoms with van der Waals surface area (Å²) in [5.41, 5.74) is 4.99. The molecule has 6 nitrogen and oxygen atoms in total. The van der Waals surface area contributed by atoms with Crippen LogP contribution in [0.4, 0.5) is 0 Å². The Morgan fingerprint density at radius 1 is 1.15 bits per heavy atom. The molecule has 3 fully saturated rings. The smallest absolute Gasteiger partial charge is 0.237 e. The summed E-state index contributed by atoms with van der Waals surface area (Å²) in [6, 6.07) is 0.614. The van der Waals surface area contributed by atoms with Gasteiger partial charge >= 0.3 is 0 Å². The van der Waals surface area contributed by atoms with Gasteiger partial charge in [0, 0.05) is 38.8 Å². The number of piperazine rings is 1. The van der Waals surface area contributed by atoms with Gasteiger partial charge in [0.2, 0.25) is 5.91 Å². The summed E-state index contributed by atoms with van der Waals surface area (Å²) < 4.78 is 0. The van der Waals surface area contributed by atoms with Gasteiger partial charge in [-0.25, -0.2) is 0 Å². The second-order valence-corrected chi connectivity index (χ2v) is 8.74. The first-order chi connectivity index (χ1) is 12.4. The van der Waals surface area contributed by atoms with E-state index in [1.165, 1.54) is 38.5 Å². The molecule has 3 rings (SSSR count). The number of carbonyl (C=O) groups excluding carboxylic acids is 1. The number of nitrogens with zero attached hydrogens (tertiary/aromatic N) is 3. The second kappa shape index (κ2) is 8.15. The lowest BCUT2D eigenvalue weighted by atomic mass is 9.85. The minimum absolute atomic E-state index is 0.250. The first-order valence-electron chi connectivity index (χ1n) is 10.5. The van der Waals surface area contributed by atoms with Crippen LogP contribution < -0.4 is 11.1 Å². The molecule has 3 N–H and O–H groups in total. The Morgan fingerprint density at radius 2 is 1.81 bits per heavy atom. The predicted molar refractivity (Wildman–Crippen MR) is 106 cm³/mol. The van der Waals surface area contributed by atoms with E-state index < -0.39 is 5.54 Å². The third-order valence-electron chi connectivity index (χ3n) is 6.69. The van der Waals surface area contributed by atoms with E-state index in [0.29, 0.717) is 6.04 Å². The van der Waals surface area contributed by atoms with E-state index in [2.05, 4.69) is 22.0 Å². The molecule has 2 unspecified atom stereocenters. The first kappa shape index (κ1) is 19.5. The largest absolute Gasteiger partial charge is 0.368 e. The van der Waals surface area contributed by atoms with Crippen LogP contribution in [0.25, 0.3) is 0 Å². The first-order valence-corrected chi connectivity index (χ1v) is 10.5. The minimum atomic E-state index is -0.579. The maximum absolute atomic E-state index is 11.7. The molecule has 2 aliphatic carbocycles. The van der Waals surface area contributed by atoms with Crippen LogP contribution in [0, 0.1) is 11.8 Å². The fourth-order valence-corrected chi connectivity index (χ4v) is 4.65. The van der Waals surface area contributed by atoms with Crippen LogP contribution >= 0.6 is 0 Å². The number of rotatable bonds is 5. The van der Waals surface area contributed by atoms with Gasteiger partial charge in [-0.3, -0.25) is 14.7 Å². The Hall–Kier alpha value is -1.30. The maximum Gasteiger partial charge on any atom is 0.237 e. The molecule has 1 amide bonds. The van der Waals surface area contributed by atoms with Crippen LogP contribution in [0.3, 0.4) is 0 Å². The zero-order chi connectivity index (χ0) is 18.7. The van der Waals surface area contributed by atoms with Crippen molar-refractivity contribution in [3.63, 3.8) is 0 Å². The quantitative estimate of drug-likeness (QED) is 0.577. The monoisotopic (exact) mass is 363 g/mol. The SMILES string of the molecule is CCN=C(NC1CC1C1CCCCC1)N1CCN(C(C)(C)C(N)=O)CC1. The molecule has 1 saturated heterocycles. The van der Waals surface area contributed by atoms with Gasteiger partial charge in [0.05, 0.1) is 5.54 Å². The van der Waals surface area contributed by atoms with Gasteiger partial charge in [0.15, 0.2) is 5.96 Å². The van der Waals surface area contributed by atoms with E-state index in [1.54, 1.807) is 0 Å². The van der Waals surface area contributed by atoms with Crippen molar-refractivity contribution in [1.82, 2.24) is 15.1 Å². The highest BCUT2D eigenvalue weighted by Gasteiger charge is 2.44. The zero-order valence-electron chi connectivity index (χ0n) is 16.8. The van der Waals surface area contributed by atoms with Crippen LogP contribution in [0.15, 0.2) is 4.99 Å². The standard InChI is InChI=1S/C20H37N5O/c1-4-22-19(23-17-14-16(17)15-8-6-5-7-9-15)24-10-12-25(13-11-24)20(2,3)18(21)26/h15-17H,4-14H2,1-3H3,(H2,21,26)(H,22,23). The van der Waals surface area contributed by atoms with Gasteiger partial charge < -0.3 is 16.0 Å². The van der Waals surface area contributed by atoms with Crippen molar-refractivity contribution < 1.29 is 4.79 Å². The van der Waals surface area contributed by atoms with E-state index >= 15 is 0 Å². The lowest BCUT2D eigenvalue weighted by molar-refractivity contribution is -0.129. The topological polar surface area (TPSA) is 74.0 Å².